The van der Waals surface area contributed by atoms with Gasteiger partial charge in [0.15, 0.2) is 0 Å². The molecule has 1 aromatic carbocycles. The van der Waals surface area contributed by atoms with Gasteiger partial charge >= 0.3 is 0 Å². The Labute approximate surface area is 121 Å². The monoisotopic (exact) mass is 301 g/mol. The topological polar surface area (TPSA) is 58.4 Å². The number of hydrogen-bond acceptors (Lipinski definition) is 4. The van der Waals surface area contributed by atoms with Crippen LogP contribution >= 0.6 is 11.6 Å². The van der Waals surface area contributed by atoms with Gasteiger partial charge in [0.2, 0.25) is 0 Å². The van der Waals surface area contributed by atoms with Crippen molar-refractivity contribution in [2.45, 2.75) is 25.8 Å². The van der Waals surface area contributed by atoms with E-state index in [1.807, 2.05) is 0 Å². The van der Waals surface area contributed by atoms with Gasteiger partial charge in [0, 0.05) is 12.6 Å². The maximum absolute atomic E-state index is 13.3. The zero-order valence-electron chi connectivity index (χ0n) is 11.2. The van der Waals surface area contributed by atoms with Crippen molar-refractivity contribution < 1.29 is 9.31 Å². The Morgan fingerprint density at radius 2 is 2.15 bits per heavy atom. The molecule has 1 fully saturated rings. The smallest absolute Gasteiger partial charge is 0.295 e. The van der Waals surface area contributed by atoms with Crippen LogP contribution in [0.4, 0.5) is 15.8 Å². The lowest BCUT2D eigenvalue weighted by Gasteiger charge is -2.24. The number of likely N-dealkylation sites (tertiary alicyclic amines) is 1. The third-order valence-electron chi connectivity index (χ3n) is 3.59. The van der Waals surface area contributed by atoms with Crippen molar-refractivity contribution in [3.63, 3.8) is 0 Å². The molecular weight excluding hydrogens is 285 g/mol. The predicted octanol–water partition coefficient (Wildman–Crippen LogP) is 3.28. The highest BCUT2D eigenvalue weighted by atomic mass is 35.5. The number of benzene rings is 1. The average Bonchev–Trinajstić information content (AvgIpc) is 2.93. The van der Waals surface area contributed by atoms with E-state index >= 15 is 0 Å². The Kier molecular flexibility index (Phi) is 4.77. The van der Waals surface area contributed by atoms with E-state index in [0.29, 0.717) is 6.54 Å². The van der Waals surface area contributed by atoms with Gasteiger partial charge in [-0.05, 0) is 38.9 Å². The van der Waals surface area contributed by atoms with Gasteiger partial charge in [-0.15, -0.1) is 0 Å². The van der Waals surface area contributed by atoms with E-state index in [-0.39, 0.29) is 22.4 Å². The summed E-state index contributed by atoms with van der Waals surface area (Å²) in [7, 11) is 0. The maximum Gasteiger partial charge on any atom is 0.295 e. The molecule has 1 N–H and O–H groups in total. The molecule has 1 aliphatic rings. The molecule has 0 spiro atoms. The van der Waals surface area contributed by atoms with Gasteiger partial charge in [0.1, 0.15) is 11.5 Å². The molecule has 1 atom stereocenters. The second-order valence-electron chi connectivity index (χ2n) is 5.01. The van der Waals surface area contributed by atoms with Gasteiger partial charge in [0.25, 0.3) is 5.69 Å². The van der Waals surface area contributed by atoms with E-state index in [1.54, 1.807) is 0 Å². The normalized spacial score (nSPS) is 17.1. The number of nitro benzene ring substituents is 1. The fourth-order valence-electron chi connectivity index (χ4n) is 2.40. The lowest BCUT2D eigenvalue weighted by atomic mass is 10.2. The second-order valence-corrected chi connectivity index (χ2v) is 5.42. The van der Waals surface area contributed by atoms with Gasteiger partial charge in [-0.3, -0.25) is 15.0 Å². The standard InChI is InChI=1S/C13H17ClFN3O2/c1-9(17-4-2-3-5-17)8-16-12-6-10(14)11(15)7-13(12)18(19)20/h6-7,9,16H,2-5,8H2,1H3. The van der Waals surface area contributed by atoms with Crippen molar-refractivity contribution in [3.8, 4) is 0 Å². The number of halogens is 2. The van der Waals surface area contributed by atoms with Crippen molar-refractivity contribution in [1.29, 1.82) is 0 Å². The molecule has 5 nitrogen and oxygen atoms in total. The summed E-state index contributed by atoms with van der Waals surface area (Å²) < 4.78 is 13.3. The van der Waals surface area contributed by atoms with E-state index in [4.69, 9.17) is 11.6 Å². The molecule has 2 rings (SSSR count). The molecule has 0 radical (unpaired) electrons. The summed E-state index contributed by atoms with van der Waals surface area (Å²) >= 11 is 5.68. The average molecular weight is 302 g/mol. The van der Waals surface area contributed by atoms with Gasteiger partial charge in [-0.2, -0.15) is 0 Å². The first-order valence-corrected chi connectivity index (χ1v) is 6.98. The molecule has 0 saturated carbocycles. The molecule has 1 unspecified atom stereocenters. The van der Waals surface area contributed by atoms with Crippen molar-refractivity contribution >= 4 is 23.0 Å². The lowest BCUT2D eigenvalue weighted by molar-refractivity contribution is -0.384. The van der Waals surface area contributed by atoms with Crippen molar-refractivity contribution in [3.05, 3.63) is 33.1 Å². The highest BCUT2D eigenvalue weighted by Crippen LogP contribution is 2.30. The third kappa shape index (κ3) is 3.37. The summed E-state index contributed by atoms with van der Waals surface area (Å²) in [6.07, 6.45) is 2.37. The highest BCUT2D eigenvalue weighted by Gasteiger charge is 2.21. The van der Waals surface area contributed by atoms with E-state index in [2.05, 4.69) is 17.1 Å². The molecule has 1 saturated heterocycles. The van der Waals surface area contributed by atoms with E-state index in [1.165, 1.54) is 18.9 Å². The van der Waals surface area contributed by atoms with Gasteiger partial charge in [-0.1, -0.05) is 11.6 Å². The van der Waals surface area contributed by atoms with Crippen LogP contribution in [0, 0.1) is 15.9 Å². The number of anilines is 1. The van der Waals surface area contributed by atoms with Crippen LogP contribution in [0.1, 0.15) is 19.8 Å². The van der Waals surface area contributed by atoms with Crippen molar-refractivity contribution in [1.82, 2.24) is 4.90 Å². The van der Waals surface area contributed by atoms with Crippen molar-refractivity contribution in [2.24, 2.45) is 0 Å². The number of nitro groups is 1. The minimum absolute atomic E-state index is 0.119. The minimum Gasteiger partial charge on any atom is -0.378 e. The summed E-state index contributed by atoms with van der Waals surface area (Å²) in [5, 5.41) is 13.8. The first kappa shape index (κ1) is 15.0. The SMILES string of the molecule is CC(CNc1cc(Cl)c(F)cc1[N+](=O)[O-])N1CCCC1. The van der Waals surface area contributed by atoms with Gasteiger partial charge < -0.3 is 5.32 Å². The number of hydrogen-bond donors (Lipinski definition) is 1. The van der Waals surface area contributed by atoms with Crippen LogP contribution < -0.4 is 5.32 Å². The molecule has 0 aromatic heterocycles. The summed E-state index contributed by atoms with van der Waals surface area (Å²) in [6, 6.07) is 2.39. The summed E-state index contributed by atoms with van der Waals surface area (Å²) in [6.45, 7) is 4.72. The maximum atomic E-state index is 13.3. The Hall–Kier alpha value is -1.40. The highest BCUT2D eigenvalue weighted by molar-refractivity contribution is 6.31. The fraction of sp³-hybridized carbons (Fsp3) is 0.538. The molecule has 1 aromatic rings. The Balaban J connectivity index is 2.08. The van der Waals surface area contributed by atoms with E-state index in [9.17, 15) is 14.5 Å². The number of rotatable bonds is 5. The molecular formula is C13H17ClFN3O2. The lowest BCUT2D eigenvalue weighted by Crippen LogP contribution is -2.35. The van der Waals surface area contributed by atoms with Crippen molar-refractivity contribution in [2.75, 3.05) is 25.0 Å². The summed E-state index contributed by atoms with van der Waals surface area (Å²) in [4.78, 5) is 12.6. The van der Waals surface area contributed by atoms with Crippen LogP contribution in [-0.4, -0.2) is 35.5 Å². The zero-order valence-corrected chi connectivity index (χ0v) is 12.0. The first-order chi connectivity index (χ1) is 9.49. The molecule has 110 valence electrons. The minimum atomic E-state index is -0.781. The zero-order chi connectivity index (χ0) is 14.7. The Bertz CT molecular complexity index is 507. The van der Waals surface area contributed by atoms with Crippen LogP contribution in [0.5, 0.6) is 0 Å². The molecule has 0 bridgehead atoms. The molecule has 7 heteroatoms. The van der Waals surface area contributed by atoms with Crippen LogP contribution in [-0.2, 0) is 0 Å². The summed E-state index contributed by atoms with van der Waals surface area (Å²) in [5.74, 6) is -0.781. The largest absolute Gasteiger partial charge is 0.378 e. The quantitative estimate of drug-likeness (QED) is 0.670. The van der Waals surface area contributed by atoms with Gasteiger partial charge in [-0.25, -0.2) is 4.39 Å². The number of nitrogens with zero attached hydrogens (tertiary/aromatic N) is 2. The van der Waals surface area contributed by atoms with Crippen LogP contribution in [0.3, 0.4) is 0 Å². The first-order valence-electron chi connectivity index (χ1n) is 6.60. The van der Waals surface area contributed by atoms with E-state index in [0.717, 1.165) is 19.2 Å². The van der Waals surface area contributed by atoms with E-state index < -0.39 is 10.7 Å². The molecule has 0 aliphatic carbocycles. The Morgan fingerprint density at radius 3 is 2.75 bits per heavy atom. The predicted molar refractivity (Wildman–Crippen MR) is 76.8 cm³/mol. The fourth-order valence-corrected chi connectivity index (χ4v) is 2.56. The second kappa shape index (κ2) is 6.37. The molecule has 1 heterocycles. The molecule has 0 amide bonds. The molecule has 20 heavy (non-hydrogen) atoms. The summed E-state index contributed by atoms with van der Waals surface area (Å²) in [5.41, 5.74) is -0.0343. The third-order valence-corrected chi connectivity index (χ3v) is 3.88. The van der Waals surface area contributed by atoms with Crippen LogP contribution in [0.2, 0.25) is 5.02 Å². The van der Waals surface area contributed by atoms with Crippen LogP contribution in [0.15, 0.2) is 12.1 Å². The van der Waals surface area contributed by atoms with Crippen LogP contribution in [0.25, 0.3) is 0 Å². The van der Waals surface area contributed by atoms with Gasteiger partial charge in [0.05, 0.1) is 16.0 Å². The number of nitrogens with one attached hydrogen (secondary N) is 1. The Morgan fingerprint density at radius 1 is 1.50 bits per heavy atom. The molecule has 1 aliphatic heterocycles.